The van der Waals surface area contributed by atoms with Gasteiger partial charge in [0.25, 0.3) is 0 Å². The summed E-state index contributed by atoms with van der Waals surface area (Å²) in [6, 6.07) is 0. The van der Waals surface area contributed by atoms with Gasteiger partial charge in [0.1, 0.15) is 5.82 Å². The Hall–Kier alpha value is -1.19. The van der Waals surface area contributed by atoms with E-state index in [1.54, 1.807) is 0 Å². The molecule has 0 saturated heterocycles. The van der Waals surface area contributed by atoms with Crippen molar-refractivity contribution in [3.63, 3.8) is 0 Å². The molecule has 3 N–H and O–H groups in total. The number of hydrogen-bond acceptors (Lipinski definition) is 3. The van der Waals surface area contributed by atoms with Gasteiger partial charge in [-0.1, -0.05) is 0 Å². The van der Waals surface area contributed by atoms with Crippen LogP contribution in [0, 0.1) is 6.92 Å². The van der Waals surface area contributed by atoms with Gasteiger partial charge in [0, 0.05) is 12.1 Å². The standard InChI is InChI=1S/C11H20N4/c1-4-15-10(9(12)8(2)14-15)13-11(3)6-5-7-11/h13H,4-7,12H2,1-3H3. The first kappa shape index (κ1) is 10.3. The Morgan fingerprint density at radius 1 is 1.53 bits per heavy atom. The van der Waals surface area contributed by atoms with Gasteiger partial charge >= 0.3 is 0 Å². The molecule has 1 aromatic rings. The lowest BCUT2D eigenvalue weighted by molar-refractivity contribution is 0.304. The molecule has 4 heteroatoms. The van der Waals surface area contributed by atoms with E-state index in [1.807, 2.05) is 11.6 Å². The van der Waals surface area contributed by atoms with Gasteiger partial charge in [-0.25, -0.2) is 4.68 Å². The number of nitrogens with one attached hydrogen (secondary N) is 1. The molecule has 0 spiro atoms. The largest absolute Gasteiger partial charge is 0.394 e. The summed E-state index contributed by atoms with van der Waals surface area (Å²) in [7, 11) is 0. The van der Waals surface area contributed by atoms with Crippen molar-refractivity contribution in [3.05, 3.63) is 5.69 Å². The molecule has 1 aromatic heterocycles. The zero-order chi connectivity index (χ0) is 11.1. The molecule has 1 fully saturated rings. The number of nitrogens with zero attached hydrogens (tertiary/aromatic N) is 2. The van der Waals surface area contributed by atoms with E-state index in [4.69, 9.17) is 5.73 Å². The van der Waals surface area contributed by atoms with Crippen molar-refractivity contribution < 1.29 is 0 Å². The highest BCUT2D eigenvalue weighted by Crippen LogP contribution is 2.36. The third kappa shape index (κ3) is 1.68. The first-order valence-corrected chi connectivity index (χ1v) is 5.67. The topological polar surface area (TPSA) is 55.9 Å². The maximum absolute atomic E-state index is 6.02. The zero-order valence-electron chi connectivity index (χ0n) is 9.80. The first-order valence-electron chi connectivity index (χ1n) is 5.67. The summed E-state index contributed by atoms with van der Waals surface area (Å²) in [4.78, 5) is 0. The predicted molar refractivity (Wildman–Crippen MR) is 62.9 cm³/mol. The third-order valence-corrected chi connectivity index (χ3v) is 3.35. The number of aryl methyl sites for hydroxylation is 2. The van der Waals surface area contributed by atoms with Crippen LogP contribution in [0.5, 0.6) is 0 Å². The fraction of sp³-hybridized carbons (Fsp3) is 0.727. The van der Waals surface area contributed by atoms with Gasteiger partial charge in [-0.05, 0) is 40.0 Å². The van der Waals surface area contributed by atoms with Gasteiger partial charge in [0.2, 0.25) is 0 Å². The van der Waals surface area contributed by atoms with Crippen LogP contribution in [0.15, 0.2) is 0 Å². The van der Waals surface area contributed by atoms with Crippen LogP contribution < -0.4 is 11.1 Å². The van der Waals surface area contributed by atoms with Crippen LogP contribution in [-0.4, -0.2) is 15.3 Å². The predicted octanol–water partition coefficient (Wildman–Crippen LogP) is 2.15. The summed E-state index contributed by atoms with van der Waals surface area (Å²) in [6.45, 7) is 7.14. The van der Waals surface area contributed by atoms with Crippen molar-refractivity contribution in [2.75, 3.05) is 11.1 Å². The molecule has 15 heavy (non-hydrogen) atoms. The number of anilines is 2. The molecule has 0 aromatic carbocycles. The van der Waals surface area contributed by atoms with Gasteiger partial charge in [-0.3, -0.25) is 0 Å². The number of nitrogens with two attached hydrogens (primary N) is 1. The van der Waals surface area contributed by atoms with E-state index in [2.05, 4.69) is 24.3 Å². The molecule has 0 bridgehead atoms. The second-order valence-electron chi connectivity index (χ2n) is 4.70. The van der Waals surface area contributed by atoms with E-state index >= 15 is 0 Å². The first-order chi connectivity index (χ1) is 7.06. The van der Waals surface area contributed by atoms with Crippen molar-refractivity contribution in [2.45, 2.75) is 52.1 Å². The zero-order valence-corrected chi connectivity index (χ0v) is 9.80. The quantitative estimate of drug-likeness (QED) is 0.800. The van der Waals surface area contributed by atoms with Crippen molar-refractivity contribution in [1.29, 1.82) is 0 Å². The fourth-order valence-electron chi connectivity index (χ4n) is 2.07. The lowest BCUT2D eigenvalue weighted by Crippen LogP contribution is -2.42. The van der Waals surface area contributed by atoms with Crippen LogP contribution in [0.25, 0.3) is 0 Å². The maximum Gasteiger partial charge on any atom is 0.148 e. The summed E-state index contributed by atoms with van der Waals surface area (Å²) < 4.78 is 1.95. The average molecular weight is 208 g/mol. The molecule has 84 valence electrons. The van der Waals surface area contributed by atoms with Crippen molar-refractivity contribution >= 4 is 11.5 Å². The highest BCUT2D eigenvalue weighted by Gasteiger charge is 2.33. The molecule has 1 aliphatic rings. The van der Waals surface area contributed by atoms with Crippen LogP contribution in [0.3, 0.4) is 0 Å². The molecule has 0 amide bonds. The summed E-state index contributed by atoms with van der Waals surface area (Å²) in [5.74, 6) is 0.997. The monoisotopic (exact) mass is 208 g/mol. The average Bonchev–Trinajstić information content (AvgIpc) is 2.43. The van der Waals surface area contributed by atoms with Crippen LogP contribution in [0.4, 0.5) is 11.5 Å². The normalized spacial score (nSPS) is 18.6. The number of aromatic nitrogens is 2. The number of hydrogen-bond donors (Lipinski definition) is 2. The van der Waals surface area contributed by atoms with E-state index in [1.165, 1.54) is 19.3 Å². The van der Waals surface area contributed by atoms with Gasteiger partial charge in [-0.2, -0.15) is 5.10 Å². The number of nitrogen functional groups attached to an aromatic ring is 1. The van der Waals surface area contributed by atoms with E-state index in [-0.39, 0.29) is 5.54 Å². The summed E-state index contributed by atoms with van der Waals surface area (Å²) >= 11 is 0. The molecule has 0 radical (unpaired) electrons. The second-order valence-corrected chi connectivity index (χ2v) is 4.70. The smallest absolute Gasteiger partial charge is 0.148 e. The Balaban J connectivity index is 2.26. The van der Waals surface area contributed by atoms with Crippen molar-refractivity contribution in [3.8, 4) is 0 Å². The second kappa shape index (κ2) is 3.43. The van der Waals surface area contributed by atoms with E-state index in [0.29, 0.717) is 0 Å². The molecule has 0 aliphatic heterocycles. The van der Waals surface area contributed by atoms with Crippen LogP contribution in [0.2, 0.25) is 0 Å². The SMILES string of the molecule is CCn1nc(C)c(N)c1NC1(C)CCC1. The minimum atomic E-state index is 0.230. The van der Waals surface area contributed by atoms with E-state index in [0.717, 1.165) is 23.7 Å². The van der Waals surface area contributed by atoms with Gasteiger partial charge in [0.15, 0.2) is 0 Å². The third-order valence-electron chi connectivity index (χ3n) is 3.35. The highest BCUT2D eigenvalue weighted by atomic mass is 15.3. The molecule has 1 heterocycles. The molecule has 1 saturated carbocycles. The molecular formula is C11H20N4. The molecular weight excluding hydrogens is 188 g/mol. The maximum atomic E-state index is 6.02. The summed E-state index contributed by atoms with van der Waals surface area (Å²) in [5, 5.41) is 7.94. The Morgan fingerprint density at radius 3 is 2.67 bits per heavy atom. The van der Waals surface area contributed by atoms with Crippen LogP contribution in [0.1, 0.15) is 38.8 Å². The lowest BCUT2D eigenvalue weighted by Gasteiger charge is -2.40. The van der Waals surface area contributed by atoms with Gasteiger partial charge in [0.05, 0.1) is 11.4 Å². The summed E-state index contributed by atoms with van der Waals surface area (Å²) in [6.07, 6.45) is 3.75. The Morgan fingerprint density at radius 2 is 2.20 bits per heavy atom. The Bertz CT molecular complexity index is 363. The van der Waals surface area contributed by atoms with Gasteiger partial charge in [-0.15, -0.1) is 0 Å². The molecule has 4 nitrogen and oxygen atoms in total. The Labute approximate surface area is 90.8 Å². The number of rotatable bonds is 3. The molecule has 0 atom stereocenters. The Kier molecular flexibility index (Phi) is 2.37. The van der Waals surface area contributed by atoms with Crippen molar-refractivity contribution in [1.82, 2.24) is 9.78 Å². The fourth-order valence-corrected chi connectivity index (χ4v) is 2.07. The molecule has 1 aliphatic carbocycles. The minimum absolute atomic E-state index is 0.230. The van der Waals surface area contributed by atoms with Gasteiger partial charge < -0.3 is 11.1 Å². The van der Waals surface area contributed by atoms with Crippen LogP contribution >= 0.6 is 0 Å². The van der Waals surface area contributed by atoms with E-state index in [9.17, 15) is 0 Å². The van der Waals surface area contributed by atoms with Crippen LogP contribution in [-0.2, 0) is 6.54 Å². The van der Waals surface area contributed by atoms with E-state index < -0.39 is 0 Å². The summed E-state index contributed by atoms with van der Waals surface area (Å²) in [5.41, 5.74) is 7.96. The lowest BCUT2D eigenvalue weighted by atomic mass is 9.78. The minimum Gasteiger partial charge on any atom is -0.394 e. The molecule has 0 unspecified atom stereocenters. The van der Waals surface area contributed by atoms with Crippen molar-refractivity contribution in [2.24, 2.45) is 0 Å². The highest BCUT2D eigenvalue weighted by molar-refractivity contribution is 5.65. The molecule has 2 rings (SSSR count).